The standard InChI is InChI=1S/C25H20ClF3N10O2/c1-13-7-15(10-30)8-17(22(40)32-11-14-4-5-14)20(13)33-23(41)19-9-16(12-38-36-24(34-37-38)25(27,28)29)35-39(19)21-18(26)3-2-6-31-21/h2-3,6-9,14H,4-5,11-12H2,1H3,(H,32,40)(H,33,41). The highest BCUT2D eigenvalue weighted by atomic mass is 35.5. The summed E-state index contributed by atoms with van der Waals surface area (Å²) >= 11 is 6.31. The average Bonchev–Trinajstić information content (AvgIpc) is 3.47. The van der Waals surface area contributed by atoms with Crippen molar-refractivity contribution in [1.82, 2.24) is 40.3 Å². The lowest BCUT2D eigenvalue weighted by molar-refractivity contribution is -0.145. The number of carbonyl (C=O) groups is 2. The molecule has 0 spiro atoms. The van der Waals surface area contributed by atoms with Crippen LogP contribution < -0.4 is 10.6 Å². The first-order valence-corrected chi connectivity index (χ1v) is 12.6. The molecule has 2 amide bonds. The quantitative estimate of drug-likeness (QED) is 0.318. The van der Waals surface area contributed by atoms with Gasteiger partial charge in [0.15, 0.2) is 5.82 Å². The third kappa shape index (κ3) is 6.17. The van der Waals surface area contributed by atoms with Gasteiger partial charge in [-0.3, -0.25) is 9.59 Å². The van der Waals surface area contributed by atoms with Crippen LogP contribution in [0.1, 0.15) is 56.3 Å². The Hall–Kier alpha value is -4.84. The molecule has 0 radical (unpaired) electrons. The maximum atomic E-state index is 13.6. The Balaban J connectivity index is 1.50. The lowest BCUT2D eigenvalue weighted by Gasteiger charge is -2.15. The molecule has 1 saturated carbocycles. The van der Waals surface area contributed by atoms with Crippen LogP contribution in [0.25, 0.3) is 5.82 Å². The van der Waals surface area contributed by atoms with Crippen LogP contribution in [-0.2, 0) is 12.7 Å². The molecule has 12 nitrogen and oxygen atoms in total. The lowest BCUT2D eigenvalue weighted by Crippen LogP contribution is -2.28. The van der Waals surface area contributed by atoms with Crippen molar-refractivity contribution in [3.8, 4) is 11.9 Å². The van der Waals surface area contributed by atoms with Gasteiger partial charge in [-0.15, -0.1) is 10.2 Å². The zero-order chi connectivity index (χ0) is 29.3. The van der Waals surface area contributed by atoms with Crippen LogP contribution in [0.2, 0.25) is 5.02 Å². The summed E-state index contributed by atoms with van der Waals surface area (Å²) in [5.74, 6) is -2.12. The topological polar surface area (TPSA) is 156 Å². The average molecular weight is 585 g/mol. The van der Waals surface area contributed by atoms with Crippen molar-refractivity contribution in [2.45, 2.75) is 32.5 Å². The number of pyridine rings is 1. The number of rotatable bonds is 8. The van der Waals surface area contributed by atoms with Crippen molar-refractivity contribution in [2.24, 2.45) is 5.92 Å². The molecule has 1 aliphatic carbocycles. The molecule has 1 fully saturated rings. The van der Waals surface area contributed by atoms with Gasteiger partial charge >= 0.3 is 6.18 Å². The van der Waals surface area contributed by atoms with E-state index >= 15 is 0 Å². The second-order valence-electron chi connectivity index (χ2n) is 9.32. The van der Waals surface area contributed by atoms with Crippen LogP contribution in [0.5, 0.6) is 0 Å². The van der Waals surface area contributed by atoms with Crippen LogP contribution in [-0.4, -0.2) is 53.3 Å². The number of nitrogens with zero attached hydrogens (tertiary/aromatic N) is 8. The molecule has 210 valence electrons. The molecule has 5 rings (SSSR count). The van der Waals surface area contributed by atoms with Crippen LogP contribution in [0.3, 0.4) is 0 Å². The van der Waals surface area contributed by atoms with Crippen molar-refractivity contribution in [3.63, 3.8) is 0 Å². The van der Waals surface area contributed by atoms with Crippen LogP contribution in [0.15, 0.2) is 36.5 Å². The highest BCUT2D eigenvalue weighted by molar-refractivity contribution is 6.32. The molecular weight excluding hydrogens is 565 g/mol. The summed E-state index contributed by atoms with van der Waals surface area (Å²) in [6, 6.07) is 9.32. The second kappa shape index (κ2) is 11.0. The Morgan fingerprint density at radius 1 is 1.20 bits per heavy atom. The largest absolute Gasteiger partial charge is 0.455 e. The third-order valence-electron chi connectivity index (χ3n) is 6.14. The molecular formula is C25H20ClF3N10O2. The number of nitriles is 1. The van der Waals surface area contributed by atoms with Crippen molar-refractivity contribution < 1.29 is 22.8 Å². The number of hydrogen-bond acceptors (Lipinski definition) is 8. The Labute approximate surface area is 235 Å². The number of benzene rings is 1. The van der Waals surface area contributed by atoms with Gasteiger partial charge in [0.25, 0.3) is 17.6 Å². The van der Waals surface area contributed by atoms with Gasteiger partial charge in [-0.25, -0.2) is 9.67 Å². The minimum atomic E-state index is -4.79. The van der Waals surface area contributed by atoms with Gasteiger partial charge in [-0.1, -0.05) is 11.6 Å². The van der Waals surface area contributed by atoms with Crippen LogP contribution >= 0.6 is 11.6 Å². The first-order valence-electron chi connectivity index (χ1n) is 12.2. The highest BCUT2D eigenvalue weighted by Crippen LogP contribution is 2.29. The minimum absolute atomic E-state index is 0.0760. The van der Waals surface area contributed by atoms with Gasteiger partial charge in [-0.2, -0.15) is 28.3 Å². The van der Waals surface area contributed by atoms with Crippen LogP contribution in [0.4, 0.5) is 18.9 Å². The molecule has 2 N–H and O–H groups in total. The Morgan fingerprint density at radius 2 is 1.98 bits per heavy atom. The minimum Gasteiger partial charge on any atom is -0.352 e. The van der Waals surface area contributed by atoms with Crippen molar-refractivity contribution >= 4 is 29.1 Å². The monoisotopic (exact) mass is 584 g/mol. The number of alkyl halides is 3. The van der Waals surface area contributed by atoms with E-state index in [0.29, 0.717) is 22.8 Å². The molecule has 41 heavy (non-hydrogen) atoms. The fourth-order valence-electron chi connectivity index (χ4n) is 3.96. The SMILES string of the molecule is Cc1cc(C#N)cc(C(=O)NCC2CC2)c1NC(=O)c1cc(Cn2nnc(C(F)(F)F)n2)nn1-c1ncccc1Cl. The summed E-state index contributed by atoms with van der Waals surface area (Å²) in [6.45, 7) is 1.76. The second-order valence-corrected chi connectivity index (χ2v) is 9.72. The van der Waals surface area contributed by atoms with Gasteiger partial charge in [0, 0.05) is 12.7 Å². The first-order chi connectivity index (χ1) is 19.5. The number of anilines is 1. The fourth-order valence-corrected chi connectivity index (χ4v) is 4.16. The summed E-state index contributed by atoms with van der Waals surface area (Å²) in [5.41, 5.74) is 0.985. The number of carbonyl (C=O) groups excluding carboxylic acids is 2. The van der Waals surface area contributed by atoms with Gasteiger partial charge in [0.1, 0.15) is 12.2 Å². The Kier molecular flexibility index (Phi) is 7.41. The third-order valence-corrected chi connectivity index (χ3v) is 6.43. The Bertz CT molecular complexity index is 1690. The molecule has 1 aromatic carbocycles. The fraction of sp³-hybridized carbons (Fsp3) is 0.280. The van der Waals surface area contributed by atoms with Crippen molar-refractivity contribution in [1.29, 1.82) is 5.26 Å². The highest BCUT2D eigenvalue weighted by Gasteiger charge is 2.37. The summed E-state index contributed by atoms with van der Waals surface area (Å²) < 4.78 is 39.9. The zero-order valence-corrected chi connectivity index (χ0v) is 22.0. The molecule has 0 aliphatic heterocycles. The van der Waals surface area contributed by atoms with E-state index in [1.54, 1.807) is 13.0 Å². The number of nitrogens with one attached hydrogen (secondary N) is 2. The number of halogens is 4. The van der Waals surface area contributed by atoms with Gasteiger partial charge in [0.2, 0.25) is 0 Å². The predicted octanol–water partition coefficient (Wildman–Crippen LogP) is 3.55. The number of hydrogen-bond donors (Lipinski definition) is 2. The van der Waals surface area contributed by atoms with E-state index in [0.717, 1.165) is 17.5 Å². The molecule has 0 unspecified atom stereocenters. The van der Waals surface area contributed by atoms with Gasteiger partial charge < -0.3 is 10.6 Å². The van der Waals surface area contributed by atoms with E-state index in [1.807, 2.05) is 6.07 Å². The summed E-state index contributed by atoms with van der Waals surface area (Å²) in [6.07, 6.45) is -1.33. The van der Waals surface area contributed by atoms with Crippen molar-refractivity contribution in [3.05, 3.63) is 75.5 Å². The lowest BCUT2D eigenvalue weighted by atomic mass is 10.0. The molecule has 4 aromatic rings. The molecule has 0 saturated heterocycles. The number of aryl methyl sites for hydroxylation is 1. The summed E-state index contributed by atoms with van der Waals surface area (Å²) in [7, 11) is 0. The van der Waals surface area contributed by atoms with E-state index in [4.69, 9.17) is 11.6 Å². The molecule has 0 bridgehead atoms. The summed E-state index contributed by atoms with van der Waals surface area (Å²) in [4.78, 5) is 31.5. The Morgan fingerprint density at radius 3 is 2.63 bits per heavy atom. The molecule has 3 heterocycles. The van der Waals surface area contributed by atoms with E-state index in [1.165, 1.54) is 30.5 Å². The maximum Gasteiger partial charge on any atom is 0.455 e. The van der Waals surface area contributed by atoms with E-state index in [9.17, 15) is 28.0 Å². The molecule has 16 heteroatoms. The van der Waals surface area contributed by atoms with E-state index in [2.05, 4.69) is 36.1 Å². The van der Waals surface area contributed by atoms with E-state index in [-0.39, 0.29) is 45.6 Å². The molecule has 0 atom stereocenters. The van der Waals surface area contributed by atoms with Gasteiger partial charge in [0.05, 0.1) is 33.6 Å². The first kappa shape index (κ1) is 27.7. The molecule has 3 aromatic heterocycles. The number of aromatic nitrogens is 7. The van der Waals surface area contributed by atoms with Crippen LogP contribution in [0, 0.1) is 24.2 Å². The number of tetrazole rings is 1. The molecule has 1 aliphatic rings. The normalized spacial score (nSPS) is 13.1. The summed E-state index contributed by atoms with van der Waals surface area (Å²) in [5, 5.41) is 29.2. The maximum absolute atomic E-state index is 13.6. The zero-order valence-electron chi connectivity index (χ0n) is 21.3. The van der Waals surface area contributed by atoms with Gasteiger partial charge in [-0.05, 0) is 66.8 Å². The van der Waals surface area contributed by atoms with E-state index < -0.39 is 23.8 Å². The predicted molar refractivity (Wildman–Crippen MR) is 137 cm³/mol. The smallest absolute Gasteiger partial charge is 0.352 e. The van der Waals surface area contributed by atoms with Crippen molar-refractivity contribution in [2.75, 3.05) is 11.9 Å². The number of amides is 2.